The van der Waals surface area contributed by atoms with Crippen LogP contribution in [0.1, 0.15) is 31.3 Å². The maximum Gasteiger partial charge on any atom is 0.342 e. The molecule has 0 saturated heterocycles. The lowest BCUT2D eigenvalue weighted by atomic mass is 10.1. The van der Waals surface area contributed by atoms with Gasteiger partial charge in [0.05, 0.1) is 14.8 Å². The molecule has 0 spiro atoms. The minimum absolute atomic E-state index is 0.0733. The first kappa shape index (κ1) is 15.9. The summed E-state index contributed by atoms with van der Waals surface area (Å²) < 4.78 is 5.51. The molecule has 2 aromatic heterocycles. The molecule has 4 nitrogen and oxygen atoms in total. The zero-order valence-electron chi connectivity index (χ0n) is 11.3. The SMILES string of the molecule is Cc1cc(C)c(C(=O)OCC(=O)c2ccc(Cl)s2)c(Cl)n1. The molecule has 0 saturated carbocycles. The molecule has 0 aromatic carbocycles. The van der Waals surface area contributed by atoms with Gasteiger partial charge in [-0.05, 0) is 37.6 Å². The lowest BCUT2D eigenvalue weighted by Crippen LogP contribution is -2.15. The molecule has 0 atom stereocenters. The van der Waals surface area contributed by atoms with E-state index >= 15 is 0 Å². The average molecular weight is 344 g/mol. The molecule has 2 heterocycles. The van der Waals surface area contributed by atoms with E-state index in [2.05, 4.69) is 4.98 Å². The van der Waals surface area contributed by atoms with Crippen molar-refractivity contribution in [3.63, 3.8) is 0 Å². The number of halogens is 2. The van der Waals surface area contributed by atoms with E-state index in [1.165, 1.54) is 0 Å². The van der Waals surface area contributed by atoms with E-state index in [1.807, 2.05) is 0 Å². The van der Waals surface area contributed by atoms with E-state index in [-0.39, 0.29) is 23.1 Å². The van der Waals surface area contributed by atoms with Gasteiger partial charge in [-0.1, -0.05) is 23.2 Å². The highest BCUT2D eigenvalue weighted by Gasteiger charge is 2.19. The standard InChI is InChI=1S/C14H11Cl2NO3S/c1-7-5-8(2)17-13(16)12(7)14(19)20-6-9(18)10-3-4-11(15)21-10/h3-5H,6H2,1-2H3. The van der Waals surface area contributed by atoms with E-state index in [4.69, 9.17) is 27.9 Å². The third kappa shape index (κ3) is 3.81. The topological polar surface area (TPSA) is 56.3 Å². The van der Waals surface area contributed by atoms with Crippen LogP contribution in [0.2, 0.25) is 9.49 Å². The van der Waals surface area contributed by atoms with Crippen LogP contribution < -0.4 is 0 Å². The van der Waals surface area contributed by atoms with Crippen LogP contribution >= 0.6 is 34.5 Å². The third-order valence-electron chi connectivity index (χ3n) is 2.69. The summed E-state index contributed by atoms with van der Waals surface area (Å²) in [5, 5.41) is 0.0733. The van der Waals surface area contributed by atoms with Gasteiger partial charge in [0.25, 0.3) is 0 Å². The molecule has 2 aromatic rings. The highest BCUT2D eigenvalue weighted by Crippen LogP contribution is 2.23. The van der Waals surface area contributed by atoms with Gasteiger partial charge in [-0.25, -0.2) is 9.78 Å². The summed E-state index contributed by atoms with van der Waals surface area (Å²) in [5.74, 6) is -0.977. The lowest BCUT2D eigenvalue weighted by Gasteiger charge is -2.08. The summed E-state index contributed by atoms with van der Waals surface area (Å²) >= 11 is 12.8. The minimum Gasteiger partial charge on any atom is -0.454 e. The summed E-state index contributed by atoms with van der Waals surface area (Å²) in [4.78, 5) is 28.3. The van der Waals surface area contributed by atoms with Crippen molar-refractivity contribution >= 4 is 46.3 Å². The number of carbonyl (C=O) groups is 2. The number of aryl methyl sites for hydroxylation is 2. The monoisotopic (exact) mass is 343 g/mol. The Morgan fingerprint density at radius 1 is 1.29 bits per heavy atom. The van der Waals surface area contributed by atoms with Crippen molar-refractivity contribution in [3.8, 4) is 0 Å². The Bertz CT molecular complexity index is 689. The summed E-state index contributed by atoms with van der Waals surface area (Å²) in [5.41, 5.74) is 1.54. The van der Waals surface area contributed by atoms with Crippen LogP contribution in [0.3, 0.4) is 0 Å². The molecule has 0 aliphatic carbocycles. The molecule has 0 bridgehead atoms. The molecule has 0 fully saturated rings. The number of aromatic nitrogens is 1. The Morgan fingerprint density at radius 3 is 2.57 bits per heavy atom. The molecule has 2 rings (SSSR count). The second-order valence-electron chi connectivity index (χ2n) is 4.35. The quantitative estimate of drug-likeness (QED) is 0.476. The van der Waals surface area contributed by atoms with Gasteiger partial charge in [-0.15, -0.1) is 11.3 Å². The fraction of sp³-hybridized carbons (Fsp3) is 0.214. The Labute approximate surface area is 135 Å². The van der Waals surface area contributed by atoms with Crippen molar-refractivity contribution in [1.82, 2.24) is 4.98 Å². The van der Waals surface area contributed by atoms with Crippen molar-refractivity contribution in [2.45, 2.75) is 13.8 Å². The molecule has 21 heavy (non-hydrogen) atoms. The molecule has 0 N–H and O–H groups in total. The second kappa shape index (κ2) is 6.56. The number of Topliss-reactive ketones (excluding diaryl/α,β-unsaturated/α-hetero) is 1. The first-order chi connectivity index (χ1) is 9.88. The molecule has 110 valence electrons. The first-order valence-electron chi connectivity index (χ1n) is 5.98. The number of hydrogen-bond acceptors (Lipinski definition) is 5. The van der Waals surface area contributed by atoms with E-state index < -0.39 is 5.97 Å². The smallest absolute Gasteiger partial charge is 0.342 e. The molecular weight excluding hydrogens is 333 g/mol. The minimum atomic E-state index is -0.666. The largest absolute Gasteiger partial charge is 0.454 e. The second-order valence-corrected chi connectivity index (χ2v) is 6.42. The number of nitrogens with zero attached hydrogens (tertiary/aromatic N) is 1. The van der Waals surface area contributed by atoms with E-state index in [1.54, 1.807) is 32.0 Å². The zero-order valence-corrected chi connectivity index (χ0v) is 13.6. The summed E-state index contributed by atoms with van der Waals surface area (Å²) in [6.07, 6.45) is 0. The molecule has 0 unspecified atom stereocenters. The average Bonchev–Trinajstić information content (AvgIpc) is 2.81. The molecule has 7 heteroatoms. The number of hydrogen-bond donors (Lipinski definition) is 0. The van der Waals surface area contributed by atoms with Gasteiger partial charge in [0, 0.05) is 5.69 Å². The van der Waals surface area contributed by atoms with Crippen LogP contribution in [0, 0.1) is 13.8 Å². The maximum atomic E-state index is 12.0. The molecular formula is C14H11Cl2NO3S. The van der Waals surface area contributed by atoms with Gasteiger partial charge >= 0.3 is 5.97 Å². The van der Waals surface area contributed by atoms with E-state index in [9.17, 15) is 9.59 Å². The Kier molecular flexibility index (Phi) is 4.98. The Morgan fingerprint density at radius 2 is 2.00 bits per heavy atom. The lowest BCUT2D eigenvalue weighted by molar-refractivity contribution is 0.0475. The van der Waals surface area contributed by atoms with Gasteiger partial charge in [0.1, 0.15) is 5.15 Å². The highest BCUT2D eigenvalue weighted by atomic mass is 35.5. The van der Waals surface area contributed by atoms with Gasteiger partial charge in [0.15, 0.2) is 6.61 Å². The number of rotatable bonds is 4. The van der Waals surface area contributed by atoms with Crippen molar-refractivity contribution in [3.05, 3.63) is 49.4 Å². The van der Waals surface area contributed by atoms with Crippen LogP contribution in [0.15, 0.2) is 18.2 Å². The van der Waals surface area contributed by atoms with Crippen LogP contribution in [-0.2, 0) is 4.74 Å². The molecule has 0 aliphatic heterocycles. The Balaban J connectivity index is 2.07. The van der Waals surface area contributed by atoms with Crippen LogP contribution in [0.4, 0.5) is 0 Å². The van der Waals surface area contributed by atoms with E-state index in [0.29, 0.717) is 20.5 Å². The van der Waals surface area contributed by atoms with E-state index in [0.717, 1.165) is 11.3 Å². The summed E-state index contributed by atoms with van der Waals surface area (Å²) in [6, 6.07) is 4.93. The number of ketones is 1. The van der Waals surface area contributed by atoms with Crippen LogP contribution in [0.5, 0.6) is 0 Å². The number of carbonyl (C=O) groups excluding carboxylic acids is 2. The van der Waals surface area contributed by atoms with Gasteiger partial charge < -0.3 is 4.74 Å². The molecule has 0 aliphatic rings. The molecule has 0 amide bonds. The predicted octanol–water partition coefficient (Wildman–Crippen LogP) is 4.11. The number of ether oxygens (including phenoxy) is 1. The molecule has 0 radical (unpaired) electrons. The zero-order chi connectivity index (χ0) is 15.6. The van der Waals surface area contributed by atoms with Crippen molar-refractivity contribution in [1.29, 1.82) is 0 Å². The predicted molar refractivity (Wildman–Crippen MR) is 82.7 cm³/mol. The maximum absolute atomic E-state index is 12.0. The normalized spacial score (nSPS) is 10.5. The van der Waals surface area contributed by atoms with Gasteiger partial charge in [0.2, 0.25) is 5.78 Å². The highest BCUT2D eigenvalue weighted by molar-refractivity contribution is 7.18. The fourth-order valence-electron chi connectivity index (χ4n) is 1.77. The summed E-state index contributed by atoms with van der Waals surface area (Å²) in [6.45, 7) is 3.15. The van der Waals surface area contributed by atoms with Crippen LogP contribution in [-0.4, -0.2) is 23.3 Å². The van der Waals surface area contributed by atoms with Crippen LogP contribution in [0.25, 0.3) is 0 Å². The Hall–Kier alpha value is -1.43. The van der Waals surface area contributed by atoms with Crippen molar-refractivity contribution in [2.75, 3.05) is 6.61 Å². The van der Waals surface area contributed by atoms with Crippen molar-refractivity contribution in [2.24, 2.45) is 0 Å². The first-order valence-corrected chi connectivity index (χ1v) is 7.55. The third-order valence-corrected chi connectivity index (χ3v) is 4.23. The summed E-state index contributed by atoms with van der Waals surface area (Å²) in [7, 11) is 0. The number of pyridine rings is 1. The van der Waals surface area contributed by atoms with Gasteiger partial charge in [-0.3, -0.25) is 4.79 Å². The van der Waals surface area contributed by atoms with Crippen molar-refractivity contribution < 1.29 is 14.3 Å². The number of thiophene rings is 1. The van der Waals surface area contributed by atoms with Gasteiger partial charge in [-0.2, -0.15) is 0 Å². The fourth-order valence-corrected chi connectivity index (χ4v) is 3.10. The number of esters is 1.